The zero-order chi connectivity index (χ0) is 17.6. The molecule has 0 spiro atoms. The van der Waals surface area contributed by atoms with E-state index in [1.165, 1.54) is 0 Å². The Bertz CT molecular complexity index is 528. The number of hydrogen-bond donors (Lipinski definition) is 1. The molecule has 0 aromatic carbocycles. The molecule has 0 aromatic rings. The molecule has 130 valence electrons. The number of Topliss-reactive ketones (excluding diaryl/α,β-unsaturated/α-hetero) is 1. The highest BCUT2D eigenvalue weighted by Crippen LogP contribution is 2.46. The zero-order valence-corrected chi connectivity index (χ0v) is 13.9. The fraction of sp³-hybridized carbons (Fsp3) is 0.706. The van der Waals surface area contributed by atoms with Gasteiger partial charge in [0.1, 0.15) is 0 Å². The maximum atomic E-state index is 13.2. The number of nitrogens with two attached hydrogens (primary N) is 1. The van der Waals surface area contributed by atoms with Crippen LogP contribution in [0.15, 0.2) is 24.3 Å². The lowest BCUT2D eigenvalue weighted by Gasteiger charge is -2.52. The third-order valence-corrected chi connectivity index (χ3v) is 5.66. The van der Waals surface area contributed by atoms with Crippen molar-refractivity contribution >= 4 is 5.78 Å². The molecule has 0 radical (unpaired) electrons. The summed E-state index contributed by atoms with van der Waals surface area (Å²) in [7, 11) is 1.72. The SMILES string of the molecule is C=CC[N+]1(C)CC=C2C(C(C)CC(N)[C@@H]2C)C1C(=O)C(F)(F)F. The molecule has 1 aliphatic heterocycles. The molecule has 3 nitrogen and oxygen atoms in total. The number of halogens is 3. The molecule has 2 N–H and O–H groups in total. The molecule has 2 aliphatic rings. The Morgan fingerprint density at radius 1 is 1.48 bits per heavy atom. The molecular formula is C17H26F3N2O+. The Labute approximate surface area is 135 Å². The van der Waals surface area contributed by atoms with Crippen LogP contribution in [0.25, 0.3) is 0 Å². The summed E-state index contributed by atoms with van der Waals surface area (Å²) in [5.74, 6) is -2.06. The molecule has 2 rings (SSSR count). The molecule has 0 bridgehead atoms. The van der Waals surface area contributed by atoms with Crippen LogP contribution in [0.4, 0.5) is 13.2 Å². The van der Waals surface area contributed by atoms with Gasteiger partial charge in [0.05, 0.1) is 20.1 Å². The van der Waals surface area contributed by atoms with E-state index in [4.69, 9.17) is 5.73 Å². The smallest absolute Gasteiger partial charge is 0.327 e. The van der Waals surface area contributed by atoms with Crippen molar-refractivity contribution in [2.45, 2.75) is 38.5 Å². The van der Waals surface area contributed by atoms with E-state index in [0.717, 1.165) is 5.57 Å². The fourth-order valence-electron chi connectivity index (χ4n) is 4.39. The van der Waals surface area contributed by atoms with Crippen LogP contribution in [0.1, 0.15) is 20.3 Å². The number of nitrogens with zero attached hydrogens (tertiary/aromatic N) is 1. The summed E-state index contributed by atoms with van der Waals surface area (Å²) < 4.78 is 39.8. The van der Waals surface area contributed by atoms with Gasteiger partial charge in [0.25, 0.3) is 5.78 Å². The van der Waals surface area contributed by atoms with E-state index in [2.05, 4.69) is 6.58 Å². The Morgan fingerprint density at radius 3 is 2.61 bits per heavy atom. The van der Waals surface area contributed by atoms with E-state index in [0.29, 0.717) is 19.5 Å². The van der Waals surface area contributed by atoms with Crippen LogP contribution < -0.4 is 5.73 Å². The monoisotopic (exact) mass is 331 g/mol. The van der Waals surface area contributed by atoms with Crippen LogP contribution >= 0.6 is 0 Å². The van der Waals surface area contributed by atoms with Crippen LogP contribution in [-0.4, -0.2) is 48.7 Å². The third-order valence-electron chi connectivity index (χ3n) is 5.66. The number of ketones is 1. The number of fused-ring (bicyclic) bond motifs is 1. The van der Waals surface area contributed by atoms with Gasteiger partial charge in [-0.2, -0.15) is 13.2 Å². The van der Waals surface area contributed by atoms with Crippen molar-refractivity contribution in [2.24, 2.45) is 23.5 Å². The second-order valence-electron chi connectivity index (χ2n) is 7.34. The van der Waals surface area contributed by atoms with Crippen molar-refractivity contribution in [3.8, 4) is 0 Å². The van der Waals surface area contributed by atoms with Crippen molar-refractivity contribution < 1.29 is 22.4 Å². The minimum atomic E-state index is -4.82. The van der Waals surface area contributed by atoms with Crippen LogP contribution in [0, 0.1) is 17.8 Å². The van der Waals surface area contributed by atoms with Gasteiger partial charge in [-0.3, -0.25) is 4.79 Å². The predicted octanol–water partition coefficient (Wildman–Crippen LogP) is 2.68. The molecule has 6 atom stereocenters. The van der Waals surface area contributed by atoms with Gasteiger partial charge < -0.3 is 10.2 Å². The first kappa shape index (κ1) is 18.2. The standard InChI is InChI=1S/C17H26F3N2O/c1-5-7-22(4)8-6-12-11(3)13(21)9-10(2)14(12)15(22)16(23)17(18,19)20/h5-6,10-11,13-15H,1,7-9,21H2,2-4H3/q+1/t10?,11-,13?,14?,15?,22?/m1/s1. The lowest BCUT2D eigenvalue weighted by atomic mass is 9.63. The molecule has 0 saturated heterocycles. The summed E-state index contributed by atoms with van der Waals surface area (Å²) in [5.41, 5.74) is 7.07. The van der Waals surface area contributed by atoms with Gasteiger partial charge in [0, 0.05) is 12.0 Å². The van der Waals surface area contributed by atoms with Gasteiger partial charge in [-0.15, -0.1) is 0 Å². The summed E-state index contributed by atoms with van der Waals surface area (Å²) in [6.07, 6.45) is -0.581. The van der Waals surface area contributed by atoms with Gasteiger partial charge in [-0.1, -0.05) is 26.0 Å². The minimum Gasteiger partial charge on any atom is -0.327 e. The van der Waals surface area contributed by atoms with E-state index in [1.807, 2.05) is 19.9 Å². The van der Waals surface area contributed by atoms with E-state index in [1.54, 1.807) is 13.1 Å². The molecule has 1 saturated carbocycles. The molecule has 0 aromatic heterocycles. The fourth-order valence-corrected chi connectivity index (χ4v) is 4.39. The van der Waals surface area contributed by atoms with Crippen LogP contribution in [0.5, 0.6) is 0 Å². The highest BCUT2D eigenvalue weighted by atomic mass is 19.4. The highest BCUT2D eigenvalue weighted by Gasteiger charge is 2.58. The normalized spacial score (nSPS) is 41.0. The average molecular weight is 331 g/mol. The Hall–Kier alpha value is -1.14. The summed E-state index contributed by atoms with van der Waals surface area (Å²) in [6.45, 7) is 8.25. The average Bonchev–Trinajstić information content (AvgIpc) is 2.43. The second-order valence-corrected chi connectivity index (χ2v) is 7.34. The Kier molecular flexibility index (Phi) is 4.79. The lowest BCUT2D eigenvalue weighted by molar-refractivity contribution is -0.919. The number of alkyl halides is 3. The van der Waals surface area contributed by atoms with Crippen molar-refractivity contribution in [1.29, 1.82) is 0 Å². The van der Waals surface area contributed by atoms with Gasteiger partial charge in [-0.25, -0.2) is 0 Å². The van der Waals surface area contributed by atoms with E-state index in [9.17, 15) is 18.0 Å². The number of quaternary nitrogens is 1. The molecule has 5 unspecified atom stereocenters. The second kappa shape index (κ2) is 6.06. The zero-order valence-electron chi connectivity index (χ0n) is 13.9. The van der Waals surface area contributed by atoms with Gasteiger partial charge in [-0.05, 0) is 30.4 Å². The number of likely N-dealkylation sites (N-methyl/N-ethyl adjacent to an activating group) is 1. The number of rotatable bonds is 3. The number of hydrogen-bond acceptors (Lipinski definition) is 2. The molecule has 23 heavy (non-hydrogen) atoms. The summed E-state index contributed by atoms with van der Waals surface area (Å²) in [4.78, 5) is 12.3. The molecule has 1 heterocycles. The summed E-state index contributed by atoms with van der Waals surface area (Å²) in [5, 5.41) is 0. The maximum absolute atomic E-state index is 13.2. The van der Waals surface area contributed by atoms with Gasteiger partial charge in [0.2, 0.25) is 0 Å². The Balaban J connectivity index is 2.53. The van der Waals surface area contributed by atoms with E-state index >= 15 is 0 Å². The molecule has 1 fully saturated rings. The van der Waals surface area contributed by atoms with Crippen molar-refractivity contribution in [3.05, 3.63) is 24.3 Å². The summed E-state index contributed by atoms with van der Waals surface area (Å²) in [6, 6.07) is -1.18. The van der Waals surface area contributed by atoms with Crippen molar-refractivity contribution in [3.63, 3.8) is 0 Å². The summed E-state index contributed by atoms with van der Waals surface area (Å²) >= 11 is 0. The first-order valence-electron chi connectivity index (χ1n) is 8.04. The van der Waals surface area contributed by atoms with E-state index in [-0.39, 0.29) is 22.4 Å². The van der Waals surface area contributed by atoms with Crippen LogP contribution in [0.3, 0.4) is 0 Å². The van der Waals surface area contributed by atoms with Crippen molar-refractivity contribution in [2.75, 3.05) is 20.1 Å². The van der Waals surface area contributed by atoms with Gasteiger partial charge >= 0.3 is 6.18 Å². The van der Waals surface area contributed by atoms with Crippen molar-refractivity contribution in [1.82, 2.24) is 0 Å². The molecule has 6 heteroatoms. The van der Waals surface area contributed by atoms with Crippen LogP contribution in [0.2, 0.25) is 0 Å². The Morgan fingerprint density at radius 2 is 2.09 bits per heavy atom. The quantitative estimate of drug-likeness (QED) is 0.638. The number of carbonyl (C=O) groups is 1. The maximum Gasteiger partial charge on any atom is 0.456 e. The lowest BCUT2D eigenvalue weighted by Crippen LogP contribution is -2.66. The molecule has 0 amide bonds. The molecule has 1 aliphatic carbocycles. The first-order chi connectivity index (χ1) is 10.5. The third kappa shape index (κ3) is 3.11. The molecular weight excluding hydrogens is 305 g/mol. The number of carbonyl (C=O) groups excluding carboxylic acids is 1. The predicted molar refractivity (Wildman–Crippen MR) is 83.5 cm³/mol. The van der Waals surface area contributed by atoms with E-state index < -0.39 is 23.9 Å². The highest BCUT2D eigenvalue weighted by molar-refractivity contribution is 5.89. The van der Waals surface area contributed by atoms with Crippen LogP contribution in [-0.2, 0) is 4.79 Å². The topological polar surface area (TPSA) is 43.1 Å². The van der Waals surface area contributed by atoms with Gasteiger partial charge in [0.15, 0.2) is 6.04 Å². The first-order valence-corrected chi connectivity index (χ1v) is 8.04. The largest absolute Gasteiger partial charge is 0.456 e. The minimum absolute atomic E-state index is 0.0113.